The van der Waals surface area contributed by atoms with E-state index in [1.54, 1.807) is 0 Å². The second kappa shape index (κ2) is 7.54. The van der Waals surface area contributed by atoms with Crippen molar-refractivity contribution >= 4 is 61.9 Å². The first kappa shape index (κ1) is 19.3. The normalized spacial score (nSPS) is 16.6. The molecule has 1 saturated heterocycles. The smallest absolute Gasteiger partial charge is 0.255 e. The molecule has 0 spiro atoms. The van der Waals surface area contributed by atoms with Crippen molar-refractivity contribution in [2.45, 2.75) is 13.3 Å². The van der Waals surface area contributed by atoms with Gasteiger partial charge in [-0.3, -0.25) is 9.20 Å². The molecule has 1 fully saturated rings. The summed E-state index contributed by atoms with van der Waals surface area (Å²) in [7, 11) is 0. The molecule has 0 saturated carbocycles. The Bertz CT molecular complexity index is 1310. The fraction of sp³-hybridized carbons (Fsp3) is 0.261. The molecule has 30 heavy (non-hydrogen) atoms. The van der Waals surface area contributed by atoms with Gasteiger partial charge >= 0.3 is 0 Å². The number of hydrogen-bond acceptors (Lipinski definition) is 4. The minimum atomic E-state index is -0.116. The Hall–Kier alpha value is -2.68. The third kappa shape index (κ3) is 3.03. The van der Waals surface area contributed by atoms with E-state index in [0.29, 0.717) is 23.7 Å². The summed E-state index contributed by atoms with van der Waals surface area (Å²) in [5, 5.41) is 3.90. The summed E-state index contributed by atoms with van der Waals surface area (Å²) in [6.07, 6.45) is 2.94. The van der Waals surface area contributed by atoms with Crippen LogP contribution in [0.25, 0.3) is 27.7 Å². The zero-order chi connectivity index (χ0) is 20.8. The first-order valence-corrected chi connectivity index (χ1v) is 11.2. The first-order chi connectivity index (χ1) is 14.6. The number of fused-ring (bicyclic) bond motifs is 5. The molecule has 1 unspecified atom stereocenters. The summed E-state index contributed by atoms with van der Waals surface area (Å²) in [4.78, 5) is 24.8. The van der Waals surface area contributed by atoms with E-state index in [1.807, 2.05) is 53.9 Å². The summed E-state index contributed by atoms with van der Waals surface area (Å²) < 4.78 is 3.21. The second-order valence-corrected chi connectivity index (χ2v) is 9.01. The van der Waals surface area contributed by atoms with Crippen molar-refractivity contribution in [2.75, 3.05) is 24.5 Å². The van der Waals surface area contributed by atoms with Crippen molar-refractivity contribution in [3.8, 4) is 0 Å². The zero-order valence-electron chi connectivity index (χ0n) is 16.7. The van der Waals surface area contributed by atoms with E-state index >= 15 is 0 Å². The van der Waals surface area contributed by atoms with Crippen LogP contribution >= 0.6 is 22.6 Å². The number of amides is 1. The Morgan fingerprint density at radius 2 is 2.13 bits per heavy atom. The molecule has 1 atom stereocenters. The number of hydrogen-bond donors (Lipinski definition) is 1. The van der Waals surface area contributed by atoms with E-state index in [0.717, 1.165) is 47.3 Å². The molecule has 4 aromatic rings. The summed E-state index contributed by atoms with van der Waals surface area (Å²) in [6, 6.07) is 11.9. The van der Waals surface area contributed by atoms with E-state index in [1.165, 1.54) is 3.58 Å². The predicted molar refractivity (Wildman–Crippen MR) is 129 cm³/mol. The molecule has 1 aliphatic rings. The number of nitrogens with one attached hydrogen (secondary N) is 1. The van der Waals surface area contributed by atoms with Crippen LogP contribution in [0.3, 0.4) is 0 Å². The lowest BCUT2D eigenvalue weighted by atomic mass is 10.1. The quantitative estimate of drug-likeness (QED) is 0.409. The summed E-state index contributed by atoms with van der Waals surface area (Å²) in [5.74, 6) is 0.365. The minimum absolute atomic E-state index is 0.116. The monoisotopic (exact) mass is 511 g/mol. The van der Waals surface area contributed by atoms with Gasteiger partial charge in [-0.2, -0.15) is 0 Å². The Morgan fingerprint density at radius 1 is 1.30 bits per heavy atom. The average molecular weight is 511 g/mol. The van der Waals surface area contributed by atoms with Gasteiger partial charge in [0.05, 0.1) is 16.6 Å². The van der Waals surface area contributed by atoms with Crippen LogP contribution in [0.1, 0.15) is 23.7 Å². The van der Waals surface area contributed by atoms with Crippen LogP contribution in [0.2, 0.25) is 0 Å². The molecule has 0 aliphatic carbocycles. The number of imidazole rings is 1. The fourth-order valence-corrected chi connectivity index (χ4v) is 4.84. The van der Waals surface area contributed by atoms with Crippen molar-refractivity contribution in [2.24, 2.45) is 5.92 Å². The Labute approximate surface area is 188 Å². The molecule has 3 aromatic heterocycles. The van der Waals surface area contributed by atoms with Crippen LogP contribution in [0.4, 0.5) is 5.69 Å². The van der Waals surface area contributed by atoms with Crippen molar-refractivity contribution in [3.63, 3.8) is 0 Å². The number of carbonyl (C=O) groups excluding carboxylic acids is 1. The standard InChI is InChI=1S/C23H22IN5O/c1-3-25-23(30)17-12-16-19(28-11-9-15(13-28)14(2)24)8-10-26-21(16)29-20-7-5-4-6-18(20)27-22(17)29/h4-8,10,12,15H,2-3,9,11,13H2,1H3,(H,25,30). The van der Waals surface area contributed by atoms with Gasteiger partial charge in [0.25, 0.3) is 5.91 Å². The van der Waals surface area contributed by atoms with Gasteiger partial charge < -0.3 is 10.2 Å². The van der Waals surface area contributed by atoms with Gasteiger partial charge in [0.15, 0.2) is 5.65 Å². The number of aromatic nitrogens is 3. The zero-order valence-corrected chi connectivity index (χ0v) is 18.9. The largest absolute Gasteiger partial charge is 0.370 e. The van der Waals surface area contributed by atoms with Crippen LogP contribution in [0.15, 0.2) is 52.8 Å². The van der Waals surface area contributed by atoms with Crippen LogP contribution in [-0.2, 0) is 0 Å². The lowest BCUT2D eigenvalue weighted by Crippen LogP contribution is -2.24. The number of rotatable bonds is 4. The van der Waals surface area contributed by atoms with Crippen LogP contribution in [0.5, 0.6) is 0 Å². The Morgan fingerprint density at radius 3 is 2.90 bits per heavy atom. The van der Waals surface area contributed by atoms with E-state index < -0.39 is 0 Å². The van der Waals surface area contributed by atoms with Gasteiger partial charge in [-0.05, 0) is 63.8 Å². The third-order valence-electron chi connectivity index (χ3n) is 5.80. The predicted octanol–water partition coefficient (Wildman–Crippen LogP) is 4.56. The molecule has 152 valence electrons. The molecule has 4 heterocycles. The lowest BCUT2D eigenvalue weighted by Gasteiger charge is -2.21. The molecule has 5 rings (SSSR count). The summed E-state index contributed by atoms with van der Waals surface area (Å²) >= 11 is 2.34. The number of carbonyl (C=O) groups is 1. The van der Waals surface area contributed by atoms with E-state index in [4.69, 9.17) is 9.97 Å². The van der Waals surface area contributed by atoms with E-state index in [9.17, 15) is 4.79 Å². The van der Waals surface area contributed by atoms with Crippen molar-refractivity contribution in [1.82, 2.24) is 19.7 Å². The molecular weight excluding hydrogens is 489 g/mol. The molecule has 1 N–H and O–H groups in total. The van der Waals surface area contributed by atoms with Crippen LogP contribution < -0.4 is 10.2 Å². The Kier molecular flexibility index (Phi) is 4.85. The SMILES string of the molecule is C=C(I)C1CCN(c2ccnc3c2cc(C(=O)NCC)c2nc4ccccc4n23)C1. The number of benzene rings is 1. The maximum Gasteiger partial charge on any atom is 0.255 e. The number of halogens is 1. The molecule has 0 radical (unpaired) electrons. The minimum Gasteiger partial charge on any atom is -0.370 e. The highest BCUT2D eigenvalue weighted by molar-refractivity contribution is 14.1. The molecule has 0 bridgehead atoms. The first-order valence-electron chi connectivity index (χ1n) is 10.1. The van der Waals surface area contributed by atoms with E-state index in [-0.39, 0.29) is 5.91 Å². The summed E-state index contributed by atoms with van der Waals surface area (Å²) in [6.45, 7) is 8.52. The Balaban J connectivity index is 1.80. The van der Waals surface area contributed by atoms with Crippen molar-refractivity contribution in [1.29, 1.82) is 0 Å². The van der Waals surface area contributed by atoms with Crippen molar-refractivity contribution in [3.05, 3.63) is 58.3 Å². The van der Waals surface area contributed by atoms with E-state index in [2.05, 4.69) is 39.4 Å². The number of pyridine rings is 2. The van der Waals surface area contributed by atoms with Crippen LogP contribution in [-0.4, -0.2) is 39.9 Å². The maximum atomic E-state index is 12.9. The second-order valence-electron chi connectivity index (χ2n) is 7.62. The van der Waals surface area contributed by atoms with Gasteiger partial charge in [-0.15, -0.1) is 0 Å². The van der Waals surface area contributed by atoms with Crippen molar-refractivity contribution < 1.29 is 4.79 Å². The van der Waals surface area contributed by atoms with Gasteiger partial charge in [-0.1, -0.05) is 18.7 Å². The molecule has 1 aromatic carbocycles. The topological polar surface area (TPSA) is 62.5 Å². The van der Waals surface area contributed by atoms with Gasteiger partial charge in [0.1, 0.15) is 5.65 Å². The maximum absolute atomic E-state index is 12.9. The highest BCUT2D eigenvalue weighted by Crippen LogP contribution is 2.35. The number of anilines is 1. The molecular formula is C23H22IN5O. The highest BCUT2D eigenvalue weighted by Gasteiger charge is 2.26. The van der Waals surface area contributed by atoms with Gasteiger partial charge in [-0.25, -0.2) is 9.97 Å². The summed E-state index contributed by atoms with van der Waals surface area (Å²) in [5.41, 5.74) is 4.94. The molecule has 6 nitrogen and oxygen atoms in total. The molecule has 7 heteroatoms. The third-order valence-corrected chi connectivity index (χ3v) is 6.68. The van der Waals surface area contributed by atoms with Crippen LogP contribution in [0, 0.1) is 5.92 Å². The molecule has 1 amide bonds. The lowest BCUT2D eigenvalue weighted by molar-refractivity contribution is 0.0957. The average Bonchev–Trinajstić information content (AvgIpc) is 3.38. The number of nitrogens with zero attached hydrogens (tertiary/aromatic N) is 4. The highest BCUT2D eigenvalue weighted by atomic mass is 127. The van der Waals surface area contributed by atoms with Gasteiger partial charge in [0.2, 0.25) is 0 Å². The number of para-hydroxylation sites is 2. The van der Waals surface area contributed by atoms with Gasteiger partial charge in [0, 0.05) is 42.8 Å². The molecule has 1 aliphatic heterocycles. The fourth-order valence-electron chi connectivity index (χ4n) is 4.33.